The Labute approximate surface area is 118 Å². The summed E-state index contributed by atoms with van der Waals surface area (Å²) in [4.78, 5) is 26.4. The normalized spacial score (nSPS) is 11.5. The summed E-state index contributed by atoms with van der Waals surface area (Å²) in [5, 5.41) is 3.36. The van der Waals surface area contributed by atoms with Crippen molar-refractivity contribution in [3.8, 4) is 0 Å². The van der Waals surface area contributed by atoms with Gasteiger partial charge in [-0.15, -0.1) is 0 Å². The maximum Gasteiger partial charge on any atom is 0.336 e. The van der Waals surface area contributed by atoms with Gasteiger partial charge in [-0.1, -0.05) is 18.2 Å². The van der Waals surface area contributed by atoms with Crippen LogP contribution in [0.15, 0.2) is 56.5 Å². The van der Waals surface area contributed by atoms with E-state index in [2.05, 4.69) is 4.98 Å². The number of H-pyrrole nitrogens is 1. The lowest BCUT2D eigenvalue weighted by molar-refractivity contribution is 0.560. The third-order valence-electron chi connectivity index (χ3n) is 3.80. The molecule has 2 aromatic heterocycles. The molecule has 0 saturated carbocycles. The van der Waals surface area contributed by atoms with Crippen LogP contribution < -0.4 is 11.2 Å². The van der Waals surface area contributed by atoms with Crippen molar-refractivity contribution < 1.29 is 4.42 Å². The van der Waals surface area contributed by atoms with Crippen LogP contribution in [-0.4, -0.2) is 4.98 Å². The summed E-state index contributed by atoms with van der Waals surface area (Å²) in [5.74, 6) is 0. The molecule has 4 heteroatoms. The summed E-state index contributed by atoms with van der Waals surface area (Å²) in [6, 6.07) is 12.6. The van der Waals surface area contributed by atoms with Crippen molar-refractivity contribution in [1.82, 2.24) is 4.98 Å². The third kappa shape index (κ3) is 1.69. The second kappa shape index (κ2) is 4.06. The number of aromatic nitrogens is 1. The Hall–Kier alpha value is -2.88. The number of hydrogen-bond acceptors (Lipinski definition) is 3. The maximum absolute atomic E-state index is 12.1. The molecule has 0 saturated heterocycles. The molecule has 0 atom stereocenters. The van der Waals surface area contributed by atoms with Crippen LogP contribution in [0.3, 0.4) is 0 Å². The topological polar surface area (TPSA) is 63.1 Å². The number of pyridine rings is 1. The molecule has 0 spiro atoms. The number of fused-ring (bicyclic) bond motifs is 4. The van der Waals surface area contributed by atoms with Crippen molar-refractivity contribution in [2.75, 3.05) is 0 Å². The van der Waals surface area contributed by atoms with Crippen LogP contribution in [0.4, 0.5) is 0 Å². The van der Waals surface area contributed by atoms with E-state index in [1.54, 1.807) is 12.1 Å². The van der Waals surface area contributed by atoms with Gasteiger partial charge in [-0.05, 0) is 30.0 Å². The Kier molecular flexibility index (Phi) is 2.30. The molecule has 0 aliphatic carbocycles. The zero-order chi connectivity index (χ0) is 14.6. The maximum atomic E-state index is 12.1. The molecule has 21 heavy (non-hydrogen) atoms. The molecule has 4 rings (SSSR count). The van der Waals surface area contributed by atoms with Gasteiger partial charge in [0.2, 0.25) is 0 Å². The number of benzene rings is 2. The van der Waals surface area contributed by atoms with E-state index in [0.717, 1.165) is 21.7 Å². The monoisotopic (exact) mass is 277 g/mol. The molecule has 4 aromatic rings. The van der Waals surface area contributed by atoms with E-state index in [1.807, 2.05) is 31.2 Å². The highest BCUT2D eigenvalue weighted by Gasteiger charge is 2.09. The highest BCUT2D eigenvalue weighted by Crippen LogP contribution is 2.27. The predicted molar refractivity (Wildman–Crippen MR) is 82.9 cm³/mol. The number of hydrogen-bond donors (Lipinski definition) is 1. The van der Waals surface area contributed by atoms with E-state index in [1.165, 1.54) is 6.07 Å². The van der Waals surface area contributed by atoms with Crippen molar-refractivity contribution in [3.05, 3.63) is 68.8 Å². The zero-order valence-electron chi connectivity index (χ0n) is 11.3. The Balaban J connectivity index is 2.32. The van der Waals surface area contributed by atoms with E-state index in [0.29, 0.717) is 16.5 Å². The minimum Gasteiger partial charge on any atom is -0.423 e. The van der Waals surface area contributed by atoms with Crippen LogP contribution in [-0.2, 0) is 0 Å². The minimum atomic E-state index is -0.387. The molecule has 2 aromatic carbocycles. The number of aryl methyl sites for hydroxylation is 1. The number of nitrogens with one attached hydrogen (secondary N) is 1. The molecule has 0 aliphatic heterocycles. The second-order valence-electron chi connectivity index (χ2n) is 5.14. The number of aromatic amines is 1. The molecule has 0 fully saturated rings. The lowest BCUT2D eigenvalue weighted by Gasteiger charge is -2.06. The van der Waals surface area contributed by atoms with Crippen molar-refractivity contribution in [2.45, 2.75) is 6.92 Å². The Morgan fingerprint density at radius 1 is 0.905 bits per heavy atom. The first-order chi connectivity index (χ1) is 10.1. The zero-order valence-corrected chi connectivity index (χ0v) is 11.3. The minimum absolute atomic E-state index is 0.146. The highest BCUT2D eigenvalue weighted by molar-refractivity contribution is 6.09. The van der Waals surface area contributed by atoms with Gasteiger partial charge in [0.25, 0.3) is 5.56 Å². The van der Waals surface area contributed by atoms with Gasteiger partial charge >= 0.3 is 5.63 Å². The SMILES string of the molecule is Cc1cc(=O)oc2cc3[nH]c(=O)c4ccccc4c3cc12. The van der Waals surface area contributed by atoms with Crippen molar-refractivity contribution >= 4 is 32.6 Å². The summed E-state index contributed by atoms with van der Waals surface area (Å²) in [5.41, 5.74) is 1.48. The Morgan fingerprint density at radius 2 is 1.67 bits per heavy atom. The van der Waals surface area contributed by atoms with Crippen LogP contribution in [0.2, 0.25) is 0 Å². The van der Waals surface area contributed by atoms with E-state index in [4.69, 9.17) is 4.42 Å². The van der Waals surface area contributed by atoms with Gasteiger partial charge < -0.3 is 9.40 Å². The van der Waals surface area contributed by atoms with Crippen molar-refractivity contribution in [2.24, 2.45) is 0 Å². The van der Waals surface area contributed by atoms with Crippen molar-refractivity contribution in [1.29, 1.82) is 0 Å². The lowest BCUT2D eigenvalue weighted by atomic mass is 10.0. The molecular formula is C17H11NO3. The molecule has 0 aliphatic rings. The molecule has 102 valence electrons. The molecule has 1 N–H and O–H groups in total. The third-order valence-corrected chi connectivity index (χ3v) is 3.80. The Morgan fingerprint density at radius 3 is 2.48 bits per heavy atom. The Bertz CT molecular complexity index is 1140. The standard InChI is InChI=1S/C17H11NO3/c1-9-6-16(19)21-15-8-14-13(7-12(9)15)10-4-2-3-5-11(10)17(20)18-14/h2-8H,1H3,(H,18,20). The quantitative estimate of drug-likeness (QED) is 0.305. The number of rotatable bonds is 0. The molecule has 0 radical (unpaired) electrons. The summed E-state index contributed by atoms with van der Waals surface area (Å²) in [6.07, 6.45) is 0. The average molecular weight is 277 g/mol. The van der Waals surface area contributed by atoms with Gasteiger partial charge in [0.15, 0.2) is 0 Å². The molecule has 0 amide bonds. The fraction of sp³-hybridized carbons (Fsp3) is 0.0588. The molecule has 2 heterocycles. The van der Waals surface area contributed by atoms with Crippen LogP contribution in [0.5, 0.6) is 0 Å². The predicted octanol–water partition coefficient (Wildman–Crippen LogP) is 3.10. The molecule has 0 unspecified atom stereocenters. The summed E-state index contributed by atoms with van der Waals surface area (Å²) in [6.45, 7) is 1.87. The first kappa shape index (κ1) is 11.9. The van der Waals surface area contributed by atoms with Crippen molar-refractivity contribution in [3.63, 3.8) is 0 Å². The average Bonchev–Trinajstić information content (AvgIpc) is 2.46. The van der Waals surface area contributed by atoms with E-state index >= 15 is 0 Å². The van der Waals surface area contributed by atoms with Gasteiger partial charge in [0, 0.05) is 28.3 Å². The van der Waals surface area contributed by atoms with Crippen LogP contribution in [0.25, 0.3) is 32.6 Å². The summed E-state index contributed by atoms with van der Waals surface area (Å²) in [7, 11) is 0. The van der Waals surface area contributed by atoms with E-state index in [-0.39, 0.29) is 11.2 Å². The smallest absolute Gasteiger partial charge is 0.336 e. The lowest BCUT2D eigenvalue weighted by Crippen LogP contribution is -2.06. The van der Waals surface area contributed by atoms with Gasteiger partial charge in [0.1, 0.15) is 5.58 Å². The van der Waals surface area contributed by atoms with Gasteiger partial charge in [-0.25, -0.2) is 4.79 Å². The van der Waals surface area contributed by atoms with Gasteiger partial charge in [0.05, 0.1) is 5.52 Å². The van der Waals surface area contributed by atoms with E-state index < -0.39 is 0 Å². The summed E-state index contributed by atoms with van der Waals surface area (Å²) >= 11 is 0. The molecule has 0 bridgehead atoms. The highest BCUT2D eigenvalue weighted by atomic mass is 16.4. The first-order valence-electron chi connectivity index (χ1n) is 6.63. The van der Waals surface area contributed by atoms with Crippen LogP contribution >= 0.6 is 0 Å². The molecule has 4 nitrogen and oxygen atoms in total. The van der Waals surface area contributed by atoms with Crippen LogP contribution in [0, 0.1) is 6.92 Å². The fourth-order valence-electron chi connectivity index (χ4n) is 2.80. The van der Waals surface area contributed by atoms with Crippen LogP contribution in [0.1, 0.15) is 5.56 Å². The summed E-state index contributed by atoms with van der Waals surface area (Å²) < 4.78 is 5.22. The van der Waals surface area contributed by atoms with Gasteiger partial charge in [-0.3, -0.25) is 4.79 Å². The van der Waals surface area contributed by atoms with E-state index in [9.17, 15) is 9.59 Å². The molecular weight excluding hydrogens is 266 g/mol. The van der Waals surface area contributed by atoms with Gasteiger partial charge in [-0.2, -0.15) is 0 Å². The fourth-order valence-corrected chi connectivity index (χ4v) is 2.80. The first-order valence-corrected chi connectivity index (χ1v) is 6.63. The second-order valence-corrected chi connectivity index (χ2v) is 5.14. The largest absolute Gasteiger partial charge is 0.423 e.